The van der Waals surface area contributed by atoms with Gasteiger partial charge >= 0.3 is 0 Å². The van der Waals surface area contributed by atoms with Crippen LogP contribution >= 0.6 is 11.6 Å². The second-order valence-corrected chi connectivity index (χ2v) is 5.06. The van der Waals surface area contributed by atoms with E-state index in [2.05, 4.69) is 20.9 Å². The molecule has 6 heteroatoms. The van der Waals surface area contributed by atoms with Gasteiger partial charge in [-0.1, -0.05) is 18.0 Å². The molecule has 1 fully saturated rings. The van der Waals surface area contributed by atoms with Crippen molar-refractivity contribution in [2.75, 3.05) is 25.5 Å². The molecular weight excluding hydrogens is 264 g/mol. The molecule has 1 amide bonds. The summed E-state index contributed by atoms with van der Waals surface area (Å²) in [4.78, 5) is 15.8. The van der Waals surface area contributed by atoms with Gasteiger partial charge in [0.1, 0.15) is 5.15 Å². The molecule has 0 bridgehead atoms. The number of hydrogen-bond acceptors (Lipinski definition) is 4. The van der Waals surface area contributed by atoms with E-state index >= 15 is 0 Å². The number of nitrogens with zero attached hydrogens (tertiary/aromatic N) is 1. The second kappa shape index (κ2) is 6.73. The number of hydrogen-bond donors (Lipinski definition) is 3. The zero-order valence-electron chi connectivity index (χ0n) is 11.0. The van der Waals surface area contributed by atoms with Crippen molar-refractivity contribution in [2.45, 2.75) is 25.3 Å². The predicted octanol–water partition coefficient (Wildman–Crippen LogP) is 1.65. The Bertz CT molecular complexity index is 444. The molecule has 0 aliphatic carbocycles. The highest BCUT2D eigenvalue weighted by Gasteiger charge is 2.16. The molecule has 1 aliphatic heterocycles. The largest absolute Gasteiger partial charge is 0.380 e. The third-order valence-corrected chi connectivity index (χ3v) is 3.46. The van der Waals surface area contributed by atoms with Gasteiger partial charge in [0.15, 0.2) is 0 Å². The van der Waals surface area contributed by atoms with Gasteiger partial charge in [0.25, 0.3) is 5.91 Å². The first-order valence-corrected chi connectivity index (χ1v) is 6.93. The number of aromatic nitrogens is 1. The van der Waals surface area contributed by atoms with Crippen LogP contribution in [-0.2, 0) is 0 Å². The van der Waals surface area contributed by atoms with Crippen LogP contribution in [-0.4, -0.2) is 37.1 Å². The van der Waals surface area contributed by atoms with Gasteiger partial charge in [-0.05, 0) is 25.5 Å². The van der Waals surface area contributed by atoms with Crippen molar-refractivity contribution in [3.05, 3.63) is 23.0 Å². The molecule has 2 rings (SSSR count). The molecular formula is C13H19ClN4O. The minimum atomic E-state index is -0.159. The summed E-state index contributed by atoms with van der Waals surface area (Å²) in [6, 6.07) is 2.01. The predicted molar refractivity (Wildman–Crippen MR) is 76.8 cm³/mol. The molecule has 104 valence electrons. The summed E-state index contributed by atoms with van der Waals surface area (Å²) in [6.45, 7) is 1.95. The Morgan fingerprint density at radius 3 is 3.16 bits per heavy atom. The monoisotopic (exact) mass is 282 g/mol. The normalized spacial score (nSPS) is 19.6. The first kappa shape index (κ1) is 14.1. The van der Waals surface area contributed by atoms with Crippen molar-refractivity contribution in [1.82, 2.24) is 15.6 Å². The number of anilines is 1. The molecule has 19 heavy (non-hydrogen) atoms. The van der Waals surface area contributed by atoms with Gasteiger partial charge in [0.05, 0.1) is 11.3 Å². The number of carbonyl (C=O) groups is 1. The van der Waals surface area contributed by atoms with E-state index in [1.165, 1.54) is 19.0 Å². The third kappa shape index (κ3) is 3.81. The highest BCUT2D eigenvalue weighted by molar-refractivity contribution is 6.29. The maximum atomic E-state index is 11.8. The molecule has 1 atom stereocenters. The van der Waals surface area contributed by atoms with E-state index in [0.717, 1.165) is 25.2 Å². The maximum Gasteiger partial charge on any atom is 0.254 e. The van der Waals surface area contributed by atoms with Crippen molar-refractivity contribution in [3.63, 3.8) is 0 Å². The first-order chi connectivity index (χ1) is 9.20. The average molecular weight is 283 g/mol. The minimum Gasteiger partial charge on any atom is -0.380 e. The van der Waals surface area contributed by atoms with Gasteiger partial charge < -0.3 is 16.0 Å². The Morgan fingerprint density at radius 1 is 1.53 bits per heavy atom. The van der Waals surface area contributed by atoms with E-state index in [9.17, 15) is 4.79 Å². The van der Waals surface area contributed by atoms with Crippen LogP contribution in [0.5, 0.6) is 0 Å². The lowest BCUT2D eigenvalue weighted by atomic mass is 10.1. The van der Waals surface area contributed by atoms with Gasteiger partial charge in [0.2, 0.25) is 0 Å². The summed E-state index contributed by atoms with van der Waals surface area (Å²) in [7, 11) is 1.61. The van der Waals surface area contributed by atoms with Gasteiger partial charge in [0, 0.05) is 25.8 Å². The zero-order chi connectivity index (χ0) is 13.7. The first-order valence-electron chi connectivity index (χ1n) is 6.55. The van der Waals surface area contributed by atoms with Gasteiger partial charge in [-0.3, -0.25) is 4.79 Å². The fraction of sp³-hybridized carbons (Fsp3) is 0.538. The zero-order valence-corrected chi connectivity index (χ0v) is 11.8. The van der Waals surface area contributed by atoms with Crippen LogP contribution in [0.4, 0.5) is 5.69 Å². The van der Waals surface area contributed by atoms with E-state index < -0.39 is 0 Å². The Balaban J connectivity index is 2.17. The summed E-state index contributed by atoms with van der Waals surface area (Å²) >= 11 is 5.92. The second-order valence-electron chi connectivity index (χ2n) is 4.67. The summed E-state index contributed by atoms with van der Waals surface area (Å²) in [5.41, 5.74) is 1.27. The van der Waals surface area contributed by atoms with Gasteiger partial charge in [-0.2, -0.15) is 0 Å². The standard InChI is InChI=1S/C13H19ClN4O/c1-15-13(19)10-8-17-12(14)6-11(10)18-9-4-2-3-5-16-7-9/h6,8-9,16H,2-5,7H2,1H3,(H,15,19)(H,17,18)/t9-/m0/s1. The molecule has 0 spiro atoms. The Hall–Kier alpha value is -1.33. The van der Waals surface area contributed by atoms with E-state index in [1.54, 1.807) is 13.1 Å². The third-order valence-electron chi connectivity index (χ3n) is 3.25. The smallest absolute Gasteiger partial charge is 0.254 e. The van der Waals surface area contributed by atoms with Crippen LogP contribution in [0.2, 0.25) is 5.15 Å². The summed E-state index contributed by atoms with van der Waals surface area (Å²) < 4.78 is 0. The Labute approximate surface area is 118 Å². The van der Waals surface area contributed by atoms with Crippen LogP contribution in [0.15, 0.2) is 12.3 Å². The number of amides is 1. The highest BCUT2D eigenvalue weighted by Crippen LogP contribution is 2.21. The molecule has 1 aliphatic rings. The molecule has 5 nitrogen and oxygen atoms in total. The summed E-state index contributed by atoms with van der Waals surface area (Å²) in [6.07, 6.45) is 4.96. The van der Waals surface area contributed by atoms with E-state index in [4.69, 9.17) is 11.6 Å². The molecule has 0 unspecified atom stereocenters. The average Bonchev–Trinajstić information content (AvgIpc) is 2.67. The lowest BCUT2D eigenvalue weighted by molar-refractivity contribution is 0.0963. The maximum absolute atomic E-state index is 11.8. The fourth-order valence-electron chi connectivity index (χ4n) is 2.23. The Morgan fingerprint density at radius 2 is 2.37 bits per heavy atom. The Kier molecular flexibility index (Phi) is 4.99. The quantitative estimate of drug-likeness (QED) is 0.738. The SMILES string of the molecule is CNC(=O)c1cnc(Cl)cc1N[C@H]1CCCCNC1. The molecule has 3 N–H and O–H groups in total. The summed E-state index contributed by atoms with van der Waals surface area (Å²) in [5, 5.41) is 9.78. The van der Waals surface area contributed by atoms with Gasteiger partial charge in [-0.25, -0.2) is 4.98 Å². The van der Waals surface area contributed by atoms with Crippen molar-refractivity contribution in [2.24, 2.45) is 0 Å². The van der Waals surface area contributed by atoms with Crippen molar-refractivity contribution in [1.29, 1.82) is 0 Å². The van der Waals surface area contributed by atoms with Crippen molar-refractivity contribution >= 4 is 23.2 Å². The van der Waals surface area contributed by atoms with Crippen molar-refractivity contribution in [3.8, 4) is 0 Å². The number of carbonyl (C=O) groups excluding carboxylic acids is 1. The van der Waals surface area contributed by atoms with Crippen LogP contribution in [0.1, 0.15) is 29.6 Å². The van der Waals surface area contributed by atoms with E-state index in [1.807, 2.05) is 0 Å². The number of nitrogens with one attached hydrogen (secondary N) is 3. The minimum absolute atomic E-state index is 0.159. The van der Waals surface area contributed by atoms with E-state index in [0.29, 0.717) is 16.8 Å². The number of pyridine rings is 1. The molecule has 1 aromatic heterocycles. The summed E-state index contributed by atoms with van der Waals surface area (Å²) in [5.74, 6) is -0.159. The van der Waals surface area contributed by atoms with Crippen LogP contribution < -0.4 is 16.0 Å². The van der Waals surface area contributed by atoms with Crippen molar-refractivity contribution < 1.29 is 4.79 Å². The molecule has 0 saturated carbocycles. The molecule has 1 saturated heterocycles. The van der Waals surface area contributed by atoms with Crippen LogP contribution in [0.25, 0.3) is 0 Å². The lowest BCUT2D eigenvalue weighted by Crippen LogP contribution is -2.32. The molecule has 0 radical (unpaired) electrons. The lowest BCUT2D eigenvalue weighted by Gasteiger charge is -2.19. The molecule has 0 aromatic carbocycles. The number of rotatable bonds is 3. The van der Waals surface area contributed by atoms with Crippen LogP contribution in [0.3, 0.4) is 0 Å². The molecule has 2 heterocycles. The fourth-order valence-corrected chi connectivity index (χ4v) is 2.39. The number of halogens is 1. The van der Waals surface area contributed by atoms with Crippen LogP contribution in [0, 0.1) is 0 Å². The van der Waals surface area contributed by atoms with Gasteiger partial charge in [-0.15, -0.1) is 0 Å². The molecule has 1 aromatic rings. The highest BCUT2D eigenvalue weighted by atomic mass is 35.5. The van der Waals surface area contributed by atoms with E-state index in [-0.39, 0.29) is 5.91 Å². The topological polar surface area (TPSA) is 66.0 Å².